The largest absolute Gasteiger partial charge is 0.359 e. The van der Waals surface area contributed by atoms with Crippen molar-refractivity contribution in [3.63, 3.8) is 0 Å². The van der Waals surface area contributed by atoms with Crippen LogP contribution in [0.4, 0.5) is 11.4 Å². The highest BCUT2D eigenvalue weighted by Crippen LogP contribution is 2.39. The fourth-order valence-corrected chi connectivity index (χ4v) is 2.50. The molecule has 0 amide bonds. The van der Waals surface area contributed by atoms with Crippen LogP contribution < -0.4 is 10.2 Å². The number of anilines is 1. The normalized spacial score (nSPS) is 22.9. The molecule has 1 fully saturated rings. The van der Waals surface area contributed by atoms with E-state index in [9.17, 15) is 0 Å². The molecule has 1 N–H and O–H groups in total. The Labute approximate surface area is 104 Å². The first-order valence-electron chi connectivity index (χ1n) is 5.26. The van der Waals surface area contributed by atoms with E-state index in [2.05, 4.69) is 15.2 Å². The average molecular weight is 256 g/mol. The fraction of sp³-hybridized carbons (Fsp3) is 0.364. The van der Waals surface area contributed by atoms with Gasteiger partial charge in [0.15, 0.2) is 0 Å². The van der Waals surface area contributed by atoms with Gasteiger partial charge in [0, 0.05) is 25.8 Å². The summed E-state index contributed by atoms with van der Waals surface area (Å²) in [6, 6.07) is 4.07. The highest BCUT2D eigenvalue weighted by atomic mass is 35.5. The number of fused-ring (bicyclic) bond motifs is 3. The molecule has 84 valence electrons. The van der Waals surface area contributed by atoms with E-state index in [-0.39, 0.29) is 0 Å². The Morgan fingerprint density at radius 1 is 1.31 bits per heavy atom. The first-order valence-corrected chi connectivity index (χ1v) is 6.02. The average Bonchev–Trinajstić information content (AvgIpc) is 2.31. The van der Waals surface area contributed by atoms with Gasteiger partial charge in [-0.15, -0.1) is 0 Å². The molecule has 0 aromatic heterocycles. The number of halogens is 2. The minimum Gasteiger partial charge on any atom is -0.359 e. The molecule has 3 rings (SSSR count). The van der Waals surface area contributed by atoms with Crippen molar-refractivity contribution in [1.82, 2.24) is 5.32 Å². The van der Waals surface area contributed by atoms with Crippen molar-refractivity contribution in [3.05, 3.63) is 22.2 Å². The summed E-state index contributed by atoms with van der Waals surface area (Å²) >= 11 is 12.0. The summed E-state index contributed by atoms with van der Waals surface area (Å²) in [6.07, 6.45) is 1.97. The summed E-state index contributed by atoms with van der Waals surface area (Å²) in [4.78, 5) is 6.75. The molecule has 0 aliphatic carbocycles. The molecule has 0 radical (unpaired) electrons. The molecule has 1 saturated heterocycles. The smallest absolute Gasteiger partial charge is 0.0876 e. The van der Waals surface area contributed by atoms with E-state index in [1.54, 1.807) is 0 Å². The number of benzene rings is 1. The van der Waals surface area contributed by atoms with Crippen LogP contribution in [0.25, 0.3) is 0 Å². The summed E-state index contributed by atoms with van der Waals surface area (Å²) in [5.41, 5.74) is 2.00. The van der Waals surface area contributed by atoms with E-state index in [1.807, 2.05) is 18.3 Å². The van der Waals surface area contributed by atoms with Gasteiger partial charge in [-0.25, -0.2) is 0 Å². The van der Waals surface area contributed by atoms with Gasteiger partial charge >= 0.3 is 0 Å². The number of nitrogens with zero attached hydrogens (tertiary/aromatic N) is 2. The van der Waals surface area contributed by atoms with Gasteiger partial charge in [-0.3, -0.25) is 4.99 Å². The van der Waals surface area contributed by atoms with Crippen LogP contribution in [0.2, 0.25) is 10.0 Å². The predicted molar refractivity (Wildman–Crippen MR) is 68.6 cm³/mol. The molecule has 2 heterocycles. The second kappa shape index (κ2) is 3.91. The zero-order valence-corrected chi connectivity index (χ0v) is 10.1. The first kappa shape index (κ1) is 10.4. The standard InChI is InChI=1S/C11H11Cl2N3/c12-8-3-10-11(4-9(8)13)16-2-1-14-5-7(16)6-15-10/h3-4,6-7,14H,1-2,5H2/t7-/m0/s1. The van der Waals surface area contributed by atoms with Gasteiger partial charge in [0.2, 0.25) is 0 Å². The lowest BCUT2D eigenvalue weighted by molar-refractivity contribution is 0.547. The number of piperazine rings is 1. The number of rotatable bonds is 0. The lowest BCUT2D eigenvalue weighted by Gasteiger charge is -2.38. The Morgan fingerprint density at radius 3 is 3.00 bits per heavy atom. The van der Waals surface area contributed by atoms with Crippen LogP contribution in [-0.2, 0) is 0 Å². The first-order chi connectivity index (χ1) is 7.75. The van der Waals surface area contributed by atoms with Crippen LogP contribution in [0.5, 0.6) is 0 Å². The predicted octanol–water partition coefficient (Wildman–Crippen LogP) is 2.49. The Hall–Kier alpha value is -0.770. The molecule has 1 aromatic carbocycles. The third-order valence-corrected chi connectivity index (χ3v) is 3.72. The third-order valence-electron chi connectivity index (χ3n) is 3.00. The molecule has 3 nitrogen and oxygen atoms in total. The highest BCUT2D eigenvalue weighted by Gasteiger charge is 2.26. The molecule has 1 aromatic rings. The second-order valence-corrected chi connectivity index (χ2v) is 4.81. The Morgan fingerprint density at radius 2 is 2.12 bits per heavy atom. The fourth-order valence-electron chi connectivity index (χ4n) is 2.18. The van der Waals surface area contributed by atoms with Crippen LogP contribution in [-0.4, -0.2) is 31.9 Å². The lowest BCUT2D eigenvalue weighted by Crippen LogP contribution is -2.53. The summed E-state index contributed by atoms with van der Waals surface area (Å²) in [5.74, 6) is 0. The minimum atomic E-state index is 0.332. The summed E-state index contributed by atoms with van der Waals surface area (Å²) in [7, 11) is 0. The molecule has 5 heteroatoms. The molecular weight excluding hydrogens is 245 g/mol. The molecule has 16 heavy (non-hydrogen) atoms. The number of nitrogens with one attached hydrogen (secondary N) is 1. The number of aliphatic imine (C=N–C) groups is 1. The van der Waals surface area contributed by atoms with E-state index in [4.69, 9.17) is 23.2 Å². The van der Waals surface area contributed by atoms with Gasteiger partial charge in [-0.05, 0) is 12.1 Å². The van der Waals surface area contributed by atoms with E-state index in [0.29, 0.717) is 16.1 Å². The quantitative estimate of drug-likeness (QED) is 0.772. The maximum absolute atomic E-state index is 6.05. The second-order valence-electron chi connectivity index (χ2n) is 4.00. The van der Waals surface area contributed by atoms with Crippen molar-refractivity contribution >= 4 is 40.8 Å². The van der Waals surface area contributed by atoms with Crippen LogP contribution >= 0.6 is 23.2 Å². The number of hydrogen-bond acceptors (Lipinski definition) is 3. The van der Waals surface area contributed by atoms with Crippen molar-refractivity contribution in [2.45, 2.75) is 6.04 Å². The van der Waals surface area contributed by atoms with E-state index in [1.165, 1.54) is 0 Å². The van der Waals surface area contributed by atoms with Crippen LogP contribution in [0, 0.1) is 0 Å². The molecule has 0 bridgehead atoms. The maximum Gasteiger partial charge on any atom is 0.0876 e. The van der Waals surface area contributed by atoms with Gasteiger partial charge in [-0.2, -0.15) is 0 Å². The molecule has 2 aliphatic rings. The maximum atomic E-state index is 6.05. The third kappa shape index (κ3) is 1.59. The van der Waals surface area contributed by atoms with E-state index in [0.717, 1.165) is 31.0 Å². The molecule has 2 aliphatic heterocycles. The van der Waals surface area contributed by atoms with Crippen molar-refractivity contribution in [1.29, 1.82) is 0 Å². The zero-order valence-electron chi connectivity index (χ0n) is 8.58. The van der Waals surface area contributed by atoms with Gasteiger partial charge in [0.25, 0.3) is 0 Å². The van der Waals surface area contributed by atoms with Crippen molar-refractivity contribution in [3.8, 4) is 0 Å². The van der Waals surface area contributed by atoms with Gasteiger partial charge < -0.3 is 10.2 Å². The lowest BCUT2D eigenvalue weighted by atomic mass is 10.1. The Bertz CT molecular complexity index is 459. The Balaban J connectivity index is 2.09. The van der Waals surface area contributed by atoms with Crippen molar-refractivity contribution < 1.29 is 0 Å². The molecule has 0 unspecified atom stereocenters. The topological polar surface area (TPSA) is 27.6 Å². The number of hydrogen-bond donors (Lipinski definition) is 1. The van der Waals surface area contributed by atoms with Crippen LogP contribution in [0.15, 0.2) is 17.1 Å². The summed E-state index contributed by atoms with van der Waals surface area (Å²) in [6.45, 7) is 2.90. The van der Waals surface area contributed by atoms with E-state index < -0.39 is 0 Å². The van der Waals surface area contributed by atoms with Gasteiger partial charge in [0.1, 0.15) is 0 Å². The van der Waals surface area contributed by atoms with Crippen molar-refractivity contribution in [2.75, 3.05) is 24.5 Å². The van der Waals surface area contributed by atoms with Gasteiger partial charge in [-0.1, -0.05) is 23.2 Å². The zero-order chi connectivity index (χ0) is 11.1. The molecule has 0 saturated carbocycles. The van der Waals surface area contributed by atoms with Crippen LogP contribution in [0.1, 0.15) is 0 Å². The molecular formula is C11H11Cl2N3. The Kier molecular flexibility index (Phi) is 2.54. The minimum absolute atomic E-state index is 0.332. The molecule has 0 spiro atoms. The van der Waals surface area contributed by atoms with Gasteiger partial charge in [0.05, 0.1) is 27.5 Å². The monoisotopic (exact) mass is 255 g/mol. The van der Waals surface area contributed by atoms with E-state index >= 15 is 0 Å². The SMILES string of the molecule is Clc1cc2c(cc1Cl)N1CCNC[C@H]1C=N2. The molecule has 1 atom stereocenters. The van der Waals surface area contributed by atoms with Crippen molar-refractivity contribution in [2.24, 2.45) is 4.99 Å². The highest BCUT2D eigenvalue weighted by molar-refractivity contribution is 6.42. The van der Waals surface area contributed by atoms with Crippen LogP contribution in [0.3, 0.4) is 0 Å². The summed E-state index contributed by atoms with van der Waals surface area (Å²) in [5, 5.41) is 4.50. The summed E-state index contributed by atoms with van der Waals surface area (Å²) < 4.78 is 0.